The van der Waals surface area contributed by atoms with E-state index in [2.05, 4.69) is 5.32 Å². The number of hydrogen-bond acceptors (Lipinski definition) is 5. The van der Waals surface area contributed by atoms with Crippen LogP contribution in [-0.2, 0) is 9.53 Å². The van der Waals surface area contributed by atoms with Crippen LogP contribution in [0.4, 0.5) is 0 Å². The van der Waals surface area contributed by atoms with Crippen LogP contribution < -0.4 is 10.1 Å². The van der Waals surface area contributed by atoms with Gasteiger partial charge in [-0.3, -0.25) is 4.79 Å². The summed E-state index contributed by atoms with van der Waals surface area (Å²) in [6.07, 6.45) is 0. The standard InChI is InChI=1S/C14H21NO3S/c1-4-15-13(14(16)18-5-2)10-19-12-8-6-7-11(9-12)17-3/h6-9,13,15H,4-5,10H2,1-3H3. The minimum Gasteiger partial charge on any atom is -0.497 e. The number of likely N-dealkylation sites (N-methyl/N-ethyl adjacent to an activating group) is 1. The molecule has 1 atom stereocenters. The van der Waals surface area contributed by atoms with Gasteiger partial charge in [-0.1, -0.05) is 13.0 Å². The van der Waals surface area contributed by atoms with E-state index in [4.69, 9.17) is 9.47 Å². The third-order valence-corrected chi connectivity index (χ3v) is 3.57. The molecular weight excluding hydrogens is 262 g/mol. The molecule has 0 spiro atoms. The van der Waals surface area contributed by atoms with E-state index in [-0.39, 0.29) is 12.0 Å². The molecule has 0 aliphatic carbocycles. The third kappa shape index (κ3) is 5.53. The lowest BCUT2D eigenvalue weighted by molar-refractivity contribution is -0.144. The van der Waals surface area contributed by atoms with Gasteiger partial charge in [0, 0.05) is 10.6 Å². The smallest absolute Gasteiger partial charge is 0.323 e. The van der Waals surface area contributed by atoms with Gasteiger partial charge in [-0.2, -0.15) is 0 Å². The van der Waals surface area contributed by atoms with E-state index >= 15 is 0 Å². The highest BCUT2D eigenvalue weighted by atomic mass is 32.2. The first-order valence-electron chi connectivity index (χ1n) is 6.38. The van der Waals surface area contributed by atoms with E-state index in [1.807, 2.05) is 38.1 Å². The zero-order valence-electron chi connectivity index (χ0n) is 11.6. The zero-order chi connectivity index (χ0) is 14.1. The molecule has 0 bridgehead atoms. The van der Waals surface area contributed by atoms with Gasteiger partial charge in [0.1, 0.15) is 11.8 Å². The van der Waals surface area contributed by atoms with Crippen molar-refractivity contribution in [1.29, 1.82) is 0 Å². The molecule has 0 aliphatic rings. The Kier molecular flexibility index (Phi) is 7.36. The van der Waals surface area contributed by atoms with E-state index in [0.29, 0.717) is 12.4 Å². The fourth-order valence-corrected chi connectivity index (χ4v) is 2.56. The predicted octanol–water partition coefficient (Wildman–Crippen LogP) is 2.33. The molecular formula is C14H21NO3S. The number of methoxy groups -OCH3 is 1. The first kappa shape index (κ1) is 15.9. The number of nitrogens with one attached hydrogen (secondary N) is 1. The van der Waals surface area contributed by atoms with Crippen LogP contribution in [0.5, 0.6) is 5.75 Å². The summed E-state index contributed by atoms with van der Waals surface area (Å²) in [5.41, 5.74) is 0. The summed E-state index contributed by atoms with van der Waals surface area (Å²) in [6.45, 7) is 4.94. The SMILES string of the molecule is CCNC(CSc1cccc(OC)c1)C(=O)OCC. The molecule has 1 N–H and O–H groups in total. The van der Waals surface area contributed by atoms with Gasteiger partial charge >= 0.3 is 5.97 Å². The molecule has 1 rings (SSSR count). The molecule has 0 aliphatic heterocycles. The number of ether oxygens (including phenoxy) is 2. The highest BCUT2D eigenvalue weighted by molar-refractivity contribution is 7.99. The summed E-state index contributed by atoms with van der Waals surface area (Å²) < 4.78 is 10.2. The van der Waals surface area contributed by atoms with Crippen molar-refractivity contribution in [1.82, 2.24) is 5.32 Å². The van der Waals surface area contributed by atoms with Gasteiger partial charge in [0.05, 0.1) is 13.7 Å². The van der Waals surface area contributed by atoms with Gasteiger partial charge in [-0.05, 0) is 31.7 Å². The number of benzene rings is 1. The van der Waals surface area contributed by atoms with Crippen LogP contribution in [0.2, 0.25) is 0 Å². The van der Waals surface area contributed by atoms with Crippen LogP contribution in [0.15, 0.2) is 29.2 Å². The van der Waals surface area contributed by atoms with Gasteiger partial charge in [-0.15, -0.1) is 11.8 Å². The van der Waals surface area contributed by atoms with E-state index in [1.54, 1.807) is 18.9 Å². The summed E-state index contributed by atoms with van der Waals surface area (Å²) in [5, 5.41) is 3.14. The Balaban J connectivity index is 2.57. The molecule has 1 aromatic rings. The topological polar surface area (TPSA) is 47.6 Å². The normalized spacial score (nSPS) is 11.9. The van der Waals surface area contributed by atoms with Gasteiger partial charge in [-0.25, -0.2) is 0 Å². The van der Waals surface area contributed by atoms with Crippen molar-refractivity contribution in [3.8, 4) is 5.75 Å². The fourth-order valence-electron chi connectivity index (χ4n) is 1.57. The van der Waals surface area contributed by atoms with E-state index in [9.17, 15) is 4.79 Å². The number of carbonyl (C=O) groups is 1. The van der Waals surface area contributed by atoms with Gasteiger partial charge < -0.3 is 14.8 Å². The van der Waals surface area contributed by atoms with Crippen LogP contribution in [0.1, 0.15) is 13.8 Å². The molecule has 19 heavy (non-hydrogen) atoms. The summed E-state index contributed by atoms with van der Waals surface area (Å²) in [5.74, 6) is 1.26. The monoisotopic (exact) mass is 283 g/mol. The largest absolute Gasteiger partial charge is 0.497 e. The van der Waals surface area contributed by atoms with Crippen LogP contribution in [0, 0.1) is 0 Å². The quantitative estimate of drug-likeness (QED) is 0.586. The second kappa shape index (κ2) is 8.82. The van der Waals surface area contributed by atoms with Crippen molar-refractivity contribution in [3.63, 3.8) is 0 Å². The van der Waals surface area contributed by atoms with Crippen molar-refractivity contribution >= 4 is 17.7 Å². The van der Waals surface area contributed by atoms with Gasteiger partial charge in [0.2, 0.25) is 0 Å². The Labute approximate surface area is 118 Å². The highest BCUT2D eigenvalue weighted by Gasteiger charge is 2.18. The highest BCUT2D eigenvalue weighted by Crippen LogP contribution is 2.23. The van der Waals surface area contributed by atoms with E-state index in [1.165, 1.54) is 0 Å². The fraction of sp³-hybridized carbons (Fsp3) is 0.500. The molecule has 4 nitrogen and oxygen atoms in total. The summed E-state index contributed by atoms with van der Waals surface area (Å²) in [6, 6.07) is 7.52. The molecule has 0 saturated carbocycles. The Hall–Kier alpha value is -1.20. The van der Waals surface area contributed by atoms with Crippen molar-refractivity contribution in [2.24, 2.45) is 0 Å². The summed E-state index contributed by atoms with van der Waals surface area (Å²) in [7, 11) is 1.64. The third-order valence-electron chi connectivity index (χ3n) is 2.48. The Bertz CT molecular complexity index is 398. The van der Waals surface area contributed by atoms with Crippen molar-refractivity contribution < 1.29 is 14.3 Å². The summed E-state index contributed by atoms with van der Waals surface area (Å²) >= 11 is 1.61. The lowest BCUT2D eigenvalue weighted by atomic mass is 10.3. The van der Waals surface area contributed by atoms with E-state index < -0.39 is 0 Å². The number of carbonyl (C=O) groups excluding carboxylic acids is 1. The minimum atomic E-state index is -0.277. The second-order valence-corrected chi connectivity index (χ2v) is 4.95. The lowest BCUT2D eigenvalue weighted by Crippen LogP contribution is -2.40. The van der Waals surface area contributed by atoms with Crippen LogP contribution >= 0.6 is 11.8 Å². The van der Waals surface area contributed by atoms with Crippen LogP contribution in [0.25, 0.3) is 0 Å². The lowest BCUT2D eigenvalue weighted by Gasteiger charge is -2.15. The maximum absolute atomic E-state index is 11.8. The number of rotatable bonds is 8. The summed E-state index contributed by atoms with van der Waals surface area (Å²) in [4.78, 5) is 12.8. The molecule has 0 radical (unpaired) electrons. The van der Waals surface area contributed by atoms with Crippen LogP contribution in [-0.4, -0.2) is 38.0 Å². The molecule has 0 heterocycles. The van der Waals surface area contributed by atoms with Crippen molar-refractivity contribution in [2.75, 3.05) is 26.0 Å². The van der Waals surface area contributed by atoms with Crippen molar-refractivity contribution in [2.45, 2.75) is 24.8 Å². The molecule has 0 fully saturated rings. The molecule has 106 valence electrons. The minimum absolute atomic E-state index is 0.195. The van der Waals surface area contributed by atoms with E-state index in [0.717, 1.165) is 17.2 Å². The second-order valence-electron chi connectivity index (χ2n) is 3.85. The first-order chi connectivity index (χ1) is 9.21. The molecule has 0 saturated heterocycles. The first-order valence-corrected chi connectivity index (χ1v) is 7.36. The maximum Gasteiger partial charge on any atom is 0.323 e. The Morgan fingerprint density at radius 2 is 2.21 bits per heavy atom. The van der Waals surface area contributed by atoms with Crippen molar-refractivity contribution in [3.05, 3.63) is 24.3 Å². The molecule has 1 aromatic carbocycles. The Morgan fingerprint density at radius 1 is 1.42 bits per heavy atom. The zero-order valence-corrected chi connectivity index (χ0v) is 12.5. The molecule has 1 unspecified atom stereocenters. The number of hydrogen-bond donors (Lipinski definition) is 1. The Morgan fingerprint density at radius 3 is 2.84 bits per heavy atom. The maximum atomic E-state index is 11.8. The molecule has 0 amide bonds. The average Bonchev–Trinajstić information content (AvgIpc) is 2.44. The average molecular weight is 283 g/mol. The number of thioether (sulfide) groups is 1. The molecule has 5 heteroatoms. The van der Waals surface area contributed by atoms with Crippen LogP contribution in [0.3, 0.4) is 0 Å². The molecule has 0 aromatic heterocycles. The predicted molar refractivity (Wildman–Crippen MR) is 77.8 cm³/mol. The van der Waals surface area contributed by atoms with Gasteiger partial charge in [0.15, 0.2) is 0 Å². The van der Waals surface area contributed by atoms with Gasteiger partial charge in [0.25, 0.3) is 0 Å². The number of esters is 1.